The van der Waals surface area contributed by atoms with E-state index in [9.17, 15) is 13.2 Å². The first-order valence-corrected chi connectivity index (χ1v) is 10.9. The zero-order valence-corrected chi connectivity index (χ0v) is 19.1. The zero-order valence-electron chi connectivity index (χ0n) is 19.1. The number of rotatable bonds is 7. The highest BCUT2D eigenvalue weighted by Gasteiger charge is 2.32. The lowest BCUT2D eigenvalue weighted by atomic mass is 10.1. The maximum absolute atomic E-state index is 12.8. The van der Waals surface area contributed by atoms with E-state index in [-0.39, 0.29) is 18.8 Å². The summed E-state index contributed by atoms with van der Waals surface area (Å²) in [5.74, 6) is 0.213. The lowest BCUT2D eigenvalue weighted by molar-refractivity contribution is -0.275. The zero-order chi connectivity index (χ0) is 25.3. The molecule has 8 nitrogen and oxygen atoms in total. The molecule has 0 atom stereocenters. The van der Waals surface area contributed by atoms with Crippen molar-refractivity contribution in [1.29, 1.82) is 0 Å². The number of H-pyrrole nitrogens is 1. The minimum absolute atomic E-state index is 0.00519. The molecule has 1 N–H and O–H groups in total. The van der Waals surface area contributed by atoms with Crippen LogP contribution in [0.4, 0.5) is 13.2 Å². The van der Waals surface area contributed by atoms with Gasteiger partial charge >= 0.3 is 6.36 Å². The molecular formula is C24H19BF3N7O. The van der Waals surface area contributed by atoms with Crippen LogP contribution in [0.5, 0.6) is 5.75 Å². The minimum Gasteiger partial charge on any atom is -0.405 e. The molecule has 4 heterocycles. The second-order valence-corrected chi connectivity index (χ2v) is 8.11. The van der Waals surface area contributed by atoms with Crippen LogP contribution >= 0.6 is 0 Å². The average molecular weight is 489 g/mol. The Labute approximate surface area is 205 Å². The summed E-state index contributed by atoms with van der Waals surface area (Å²) in [7, 11) is 6.19. The third-order valence-corrected chi connectivity index (χ3v) is 5.37. The van der Waals surface area contributed by atoms with Crippen molar-refractivity contribution < 1.29 is 17.9 Å². The molecule has 0 fully saturated rings. The van der Waals surface area contributed by atoms with Crippen molar-refractivity contribution in [2.75, 3.05) is 0 Å². The lowest BCUT2D eigenvalue weighted by Crippen LogP contribution is -2.22. The van der Waals surface area contributed by atoms with Gasteiger partial charge in [0, 0.05) is 36.1 Å². The van der Waals surface area contributed by atoms with Crippen LogP contribution in [0.15, 0.2) is 67.1 Å². The van der Waals surface area contributed by atoms with Gasteiger partial charge in [-0.05, 0) is 37.3 Å². The summed E-state index contributed by atoms with van der Waals surface area (Å²) in [5.41, 5.74) is 4.61. The van der Waals surface area contributed by atoms with Crippen LogP contribution in [-0.2, 0) is 13.1 Å². The fourth-order valence-corrected chi connectivity index (χ4v) is 3.86. The van der Waals surface area contributed by atoms with E-state index >= 15 is 0 Å². The Morgan fingerprint density at radius 2 is 1.86 bits per heavy atom. The highest BCUT2D eigenvalue weighted by atomic mass is 19.4. The second kappa shape index (κ2) is 9.46. The molecule has 0 aliphatic rings. The molecule has 1 aromatic carbocycles. The van der Waals surface area contributed by atoms with Gasteiger partial charge in [-0.25, -0.2) is 14.5 Å². The number of aryl methyl sites for hydroxylation is 1. The first-order chi connectivity index (χ1) is 17.2. The van der Waals surface area contributed by atoms with E-state index in [4.69, 9.17) is 13.0 Å². The third kappa shape index (κ3) is 5.23. The topological polar surface area (TPSA) is 84.2 Å². The standard InChI is InChI=1S/C24H19BF3N7O/c1-15-5-4-7-18(31-15)23-22(17-9-10-21-29-14-30-35(21)12-17)32-20(33-23)13-34(25)11-16-6-2-3-8-19(16)36-24(26,27)28/h2-10,12,14H,11,13H2,1H3,(H,32,33). The highest BCUT2D eigenvalue weighted by molar-refractivity contribution is 6.04. The Balaban J connectivity index is 1.46. The van der Waals surface area contributed by atoms with Crippen molar-refractivity contribution >= 4 is 13.6 Å². The fraction of sp³-hybridized carbons (Fsp3) is 0.167. The van der Waals surface area contributed by atoms with Crippen LogP contribution < -0.4 is 4.74 Å². The van der Waals surface area contributed by atoms with Gasteiger partial charge in [-0.1, -0.05) is 24.3 Å². The molecule has 0 aliphatic carbocycles. The maximum atomic E-state index is 12.8. The Hall–Kier alpha value is -4.19. The smallest absolute Gasteiger partial charge is 0.405 e. The van der Waals surface area contributed by atoms with Crippen LogP contribution in [0.3, 0.4) is 0 Å². The number of halogens is 3. The molecule has 0 unspecified atom stereocenters. The molecule has 5 rings (SSSR count). The number of benzene rings is 1. The monoisotopic (exact) mass is 489 g/mol. The number of pyridine rings is 2. The van der Waals surface area contributed by atoms with Gasteiger partial charge in [-0.15, -0.1) is 13.2 Å². The summed E-state index contributed by atoms with van der Waals surface area (Å²) >= 11 is 0. The molecule has 0 spiro atoms. The summed E-state index contributed by atoms with van der Waals surface area (Å²) in [5, 5.41) is 4.19. The molecule has 0 amide bonds. The predicted octanol–water partition coefficient (Wildman–Crippen LogP) is 4.47. The van der Waals surface area contributed by atoms with E-state index in [1.54, 1.807) is 10.6 Å². The summed E-state index contributed by atoms with van der Waals surface area (Å²) in [4.78, 5) is 18.2. The molecule has 0 saturated carbocycles. The van der Waals surface area contributed by atoms with Gasteiger partial charge < -0.3 is 14.5 Å². The minimum atomic E-state index is -4.80. The summed E-state index contributed by atoms with van der Waals surface area (Å²) in [6.45, 7) is 2.03. The fourth-order valence-electron chi connectivity index (χ4n) is 3.86. The first kappa shape index (κ1) is 23.6. The molecular weight excluding hydrogens is 470 g/mol. The van der Waals surface area contributed by atoms with E-state index in [0.717, 1.165) is 11.3 Å². The molecule has 4 aromatic heterocycles. The number of nitrogens with zero attached hydrogens (tertiary/aromatic N) is 6. The van der Waals surface area contributed by atoms with Crippen LogP contribution in [0.1, 0.15) is 17.1 Å². The van der Waals surface area contributed by atoms with Gasteiger partial charge in [0.15, 0.2) is 13.6 Å². The SMILES string of the molecule is [B]N(Cc1nc(-c2ccc3ncnn3c2)c(-c2cccc(C)n2)[nH]1)Cc1ccccc1OC(F)(F)F. The van der Waals surface area contributed by atoms with Gasteiger partial charge in [0.25, 0.3) is 0 Å². The Morgan fingerprint density at radius 1 is 1.03 bits per heavy atom. The quantitative estimate of drug-likeness (QED) is 0.340. The van der Waals surface area contributed by atoms with Crippen LogP contribution in [0, 0.1) is 6.92 Å². The van der Waals surface area contributed by atoms with Gasteiger partial charge in [0.05, 0.1) is 17.1 Å². The van der Waals surface area contributed by atoms with Crippen molar-refractivity contribution in [2.24, 2.45) is 0 Å². The molecule has 0 bridgehead atoms. The van der Waals surface area contributed by atoms with Crippen molar-refractivity contribution in [1.82, 2.24) is 34.4 Å². The van der Waals surface area contributed by atoms with Gasteiger partial charge in [0.1, 0.15) is 17.9 Å². The Morgan fingerprint density at radius 3 is 2.67 bits per heavy atom. The molecule has 5 aromatic rings. The molecule has 0 aliphatic heterocycles. The van der Waals surface area contributed by atoms with Crippen molar-refractivity contribution in [3.8, 4) is 28.4 Å². The number of aromatic amines is 1. The van der Waals surface area contributed by atoms with Crippen LogP contribution in [-0.4, -0.2) is 48.7 Å². The summed E-state index contributed by atoms with van der Waals surface area (Å²) < 4.78 is 44.1. The predicted molar refractivity (Wildman–Crippen MR) is 127 cm³/mol. The van der Waals surface area contributed by atoms with Crippen LogP contribution in [0.25, 0.3) is 28.3 Å². The molecule has 36 heavy (non-hydrogen) atoms. The molecule has 2 radical (unpaired) electrons. The number of aromatic nitrogens is 6. The van der Waals surface area contributed by atoms with Crippen LogP contribution in [0.2, 0.25) is 0 Å². The number of ether oxygens (including phenoxy) is 1. The van der Waals surface area contributed by atoms with E-state index in [0.29, 0.717) is 34.1 Å². The van der Waals surface area contributed by atoms with Crippen molar-refractivity contribution in [3.05, 3.63) is 84.2 Å². The Bertz CT molecular complexity index is 1520. The average Bonchev–Trinajstić information content (AvgIpc) is 3.46. The molecule has 0 saturated heterocycles. The van der Waals surface area contributed by atoms with Crippen molar-refractivity contribution in [2.45, 2.75) is 26.4 Å². The summed E-state index contributed by atoms with van der Waals surface area (Å²) in [6.07, 6.45) is -1.52. The number of alkyl halides is 3. The number of imidazole rings is 1. The summed E-state index contributed by atoms with van der Waals surface area (Å²) in [6, 6.07) is 15.3. The normalized spacial score (nSPS) is 11.9. The van der Waals surface area contributed by atoms with E-state index in [2.05, 4.69) is 24.8 Å². The number of fused-ring (bicyclic) bond motifs is 1. The maximum Gasteiger partial charge on any atom is 0.573 e. The Kier molecular flexibility index (Phi) is 6.19. The largest absolute Gasteiger partial charge is 0.573 e. The lowest BCUT2D eigenvalue weighted by Gasteiger charge is -2.19. The van der Waals surface area contributed by atoms with E-state index in [1.165, 1.54) is 29.3 Å². The number of para-hydroxylation sites is 1. The highest BCUT2D eigenvalue weighted by Crippen LogP contribution is 2.31. The first-order valence-electron chi connectivity index (χ1n) is 10.9. The molecule has 12 heteroatoms. The number of hydrogen-bond donors (Lipinski definition) is 1. The van der Waals surface area contributed by atoms with Gasteiger partial charge in [0.2, 0.25) is 0 Å². The third-order valence-electron chi connectivity index (χ3n) is 5.37. The van der Waals surface area contributed by atoms with E-state index < -0.39 is 6.36 Å². The second-order valence-electron chi connectivity index (χ2n) is 8.11. The van der Waals surface area contributed by atoms with Gasteiger partial charge in [-0.2, -0.15) is 5.10 Å². The van der Waals surface area contributed by atoms with Crippen molar-refractivity contribution in [3.63, 3.8) is 0 Å². The van der Waals surface area contributed by atoms with E-state index in [1.807, 2.05) is 43.5 Å². The number of hydrogen-bond acceptors (Lipinski definition) is 6. The van der Waals surface area contributed by atoms with Gasteiger partial charge in [-0.3, -0.25) is 4.98 Å². The number of nitrogens with one attached hydrogen (secondary N) is 1. The molecule has 180 valence electrons.